The van der Waals surface area contributed by atoms with E-state index in [0.717, 1.165) is 36.2 Å². The van der Waals surface area contributed by atoms with Crippen molar-refractivity contribution in [3.63, 3.8) is 0 Å². The van der Waals surface area contributed by atoms with Crippen molar-refractivity contribution in [2.24, 2.45) is 5.41 Å². The lowest BCUT2D eigenvalue weighted by Crippen LogP contribution is -2.39. The zero-order valence-corrected chi connectivity index (χ0v) is 12.7. The van der Waals surface area contributed by atoms with Crippen molar-refractivity contribution in [1.29, 1.82) is 0 Å². The summed E-state index contributed by atoms with van der Waals surface area (Å²) in [6, 6.07) is 0. The number of nitrogens with zero attached hydrogens (tertiary/aromatic N) is 3. The Morgan fingerprint density at radius 1 is 1.52 bits per heavy atom. The summed E-state index contributed by atoms with van der Waals surface area (Å²) >= 11 is 0. The molecule has 1 unspecified atom stereocenters. The predicted molar refractivity (Wildman–Crippen MR) is 82.3 cm³/mol. The Kier molecular flexibility index (Phi) is 3.31. The number of hydrogen-bond donors (Lipinski definition) is 2. The van der Waals surface area contributed by atoms with E-state index in [4.69, 9.17) is 0 Å². The van der Waals surface area contributed by atoms with E-state index in [1.54, 1.807) is 13.4 Å². The summed E-state index contributed by atoms with van der Waals surface area (Å²) in [7, 11) is 1.69. The number of amides is 1. The van der Waals surface area contributed by atoms with E-state index in [0.29, 0.717) is 6.54 Å². The second kappa shape index (κ2) is 5.02. The van der Waals surface area contributed by atoms with Crippen LogP contribution in [0.25, 0.3) is 11.0 Å². The largest absolute Gasteiger partial charge is 0.359 e. The summed E-state index contributed by atoms with van der Waals surface area (Å²) in [5, 5.41) is 3.85. The van der Waals surface area contributed by atoms with Crippen molar-refractivity contribution < 1.29 is 4.79 Å². The smallest absolute Gasteiger partial charge is 0.227 e. The second-order valence-electron chi connectivity index (χ2n) is 5.90. The van der Waals surface area contributed by atoms with Crippen LogP contribution in [0.3, 0.4) is 0 Å². The van der Waals surface area contributed by atoms with Crippen LogP contribution in [0.4, 0.5) is 5.82 Å². The van der Waals surface area contributed by atoms with Gasteiger partial charge in [-0.1, -0.05) is 6.92 Å². The van der Waals surface area contributed by atoms with Gasteiger partial charge in [0.15, 0.2) is 0 Å². The molecule has 112 valence electrons. The van der Waals surface area contributed by atoms with Crippen molar-refractivity contribution in [2.45, 2.75) is 26.7 Å². The predicted octanol–water partition coefficient (Wildman–Crippen LogP) is 1.48. The highest BCUT2D eigenvalue weighted by molar-refractivity contribution is 5.92. The molecule has 1 aliphatic rings. The molecule has 1 aliphatic heterocycles. The molecule has 1 amide bonds. The molecule has 6 heteroatoms. The van der Waals surface area contributed by atoms with Crippen LogP contribution in [-0.4, -0.2) is 41.0 Å². The maximum Gasteiger partial charge on any atom is 0.227 e. The third-order valence-electron chi connectivity index (χ3n) is 4.46. The molecule has 21 heavy (non-hydrogen) atoms. The summed E-state index contributed by atoms with van der Waals surface area (Å²) < 4.78 is 0. The van der Waals surface area contributed by atoms with Crippen LogP contribution in [0.5, 0.6) is 0 Å². The van der Waals surface area contributed by atoms with Gasteiger partial charge in [0.25, 0.3) is 0 Å². The quantitative estimate of drug-likeness (QED) is 0.897. The number of aromatic amines is 1. The molecule has 3 rings (SSSR count). The summed E-state index contributed by atoms with van der Waals surface area (Å²) in [5.74, 6) is 1.03. The molecule has 1 fully saturated rings. The van der Waals surface area contributed by atoms with Crippen LogP contribution in [0.15, 0.2) is 12.5 Å². The van der Waals surface area contributed by atoms with Gasteiger partial charge in [0.2, 0.25) is 5.91 Å². The maximum atomic E-state index is 12.1. The monoisotopic (exact) mass is 287 g/mol. The van der Waals surface area contributed by atoms with Crippen molar-refractivity contribution >= 4 is 22.8 Å². The van der Waals surface area contributed by atoms with Gasteiger partial charge in [0, 0.05) is 26.3 Å². The molecule has 0 bridgehead atoms. The second-order valence-corrected chi connectivity index (χ2v) is 5.90. The first-order valence-electron chi connectivity index (χ1n) is 7.37. The van der Waals surface area contributed by atoms with Crippen molar-refractivity contribution in [3.05, 3.63) is 18.1 Å². The van der Waals surface area contributed by atoms with Gasteiger partial charge in [-0.3, -0.25) is 4.79 Å². The van der Waals surface area contributed by atoms with E-state index >= 15 is 0 Å². The van der Waals surface area contributed by atoms with Gasteiger partial charge < -0.3 is 15.2 Å². The lowest BCUT2D eigenvalue weighted by molar-refractivity contribution is -0.128. The van der Waals surface area contributed by atoms with Gasteiger partial charge in [0.1, 0.15) is 17.8 Å². The molecule has 1 saturated heterocycles. The van der Waals surface area contributed by atoms with E-state index in [2.05, 4.69) is 32.1 Å². The molecular weight excluding hydrogens is 266 g/mol. The van der Waals surface area contributed by atoms with Crippen molar-refractivity contribution in [1.82, 2.24) is 20.3 Å². The van der Waals surface area contributed by atoms with Gasteiger partial charge in [0.05, 0.1) is 10.8 Å². The van der Waals surface area contributed by atoms with Crippen molar-refractivity contribution in [2.75, 3.05) is 25.0 Å². The lowest BCUT2D eigenvalue weighted by atomic mass is 9.89. The molecule has 6 nitrogen and oxygen atoms in total. The SMILES string of the molecule is CCc1c[nH]c2ncnc(N3CCC(C)(C(=O)NC)C3)c12. The highest BCUT2D eigenvalue weighted by Gasteiger charge is 2.40. The molecule has 2 aromatic rings. The maximum absolute atomic E-state index is 12.1. The first-order valence-corrected chi connectivity index (χ1v) is 7.37. The third-order valence-corrected chi connectivity index (χ3v) is 4.46. The molecule has 0 aromatic carbocycles. The molecule has 2 aromatic heterocycles. The Labute approximate surface area is 124 Å². The fourth-order valence-electron chi connectivity index (χ4n) is 3.16. The molecular formula is C15H21N5O. The molecule has 0 aliphatic carbocycles. The highest BCUT2D eigenvalue weighted by atomic mass is 16.2. The molecule has 3 heterocycles. The van der Waals surface area contributed by atoms with E-state index < -0.39 is 0 Å². The molecule has 2 N–H and O–H groups in total. The number of fused-ring (bicyclic) bond motifs is 1. The van der Waals surface area contributed by atoms with Crippen LogP contribution >= 0.6 is 0 Å². The normalized spacial score (nSPS) is 22.0. The Bertz CT molecular complexity index is 680. The summed E-state index contributed by atoms with van der Waals surface area (Å²) in [4.78, 5) is 26.3. The average molecular weight is 287 g/mol. The Morgan fingerprint density at radius 3 is 3.05 bits per heavy atom. The highest BCUT2D eigenvalue weighted by Crippen LogP contribution is 2.36. The summed E-state index contributed by atoms with van der Waals surface area (Å²) in [6.45, 7) is 5.66. The van der Waals surface area contributed by atoms with E-state index in [1.807, 2.05) is 13.1 Å². The molecule has 0 radical (unpaired) electrons. The number of hydrogen-bond acceptors (Lipinski definition) is 4. The topological polar surface area (TPSA) is 73.9 Å². The van der Waals surface area contributed by atoms with Crippen molar-refractivity contribution in [3.8, 4) is 0 Å². The van der Waals surface area contributed by atoms with Crippen LogP contribution in [0.2, 0.25) is 0 Å². The number of aryl methyl sites for hydroxylation is 1. The molecule has 0 saturated carbocycles. The number of aromatic nitrogens is 3. The Hall–Kier alpha value is -2.11. The minimum absolute atomic E-state index is 0.0973. The van der Waals surface area contributed by atoms with Gasteiger partial charge in [-0.25, -0.2) is 9.97 Å². The van der Waals surface area contributed by atoms with Gasteiger partial charge in [-0.2, -0.15) is 0 Å². The molecule has 0 spiro atoms. The van der Waals surface area contributed by atoms with Gasteiger partial charge >= 0.3 is 0 Å². The van der Waals surface area contributed by atoms with Gasteiger partial charge in [-0.05, 0) is 25.3 Å². The fourth-order valence-corrected chi connectivity index (χ4v) is 3.16. The Balaban J connectivity index is 1.99. The number of anilines is 1. The number of nitrogens with one attached hydrogen (secondary N) is 2. The lowest BCUT2D eigenvalue weighted by Gasteiger charge is -2.23. The number of rotatable bonds is 3. The number of H-pyrrole nitrogens is 1. The first-order chi connectivity index (χ1) is 10.1. The average Bonchev–Trinajstić information content (AvgIpc) is 3.10. The third kappa shape index (κ3) is 2.14. The minimum atomic E-state index is -0.352. The zero-order valence-electron chi connectivity index (χ0n) is 12.7. The number of carbonyl (C=O) groups is 1. The minimum Gasteiger partial charge on any atom is -0.359 e. The molecule has 1 atom stereocenters. The van der Waals surface area contributed by atoms with Crippen LogP contribution < -0.4 is 10.2 Å². The summed E-state index contributed by atoms with van der Waals surface area (Å²) in [5.41, 5.74) is 1.73. The zero-order chi connectivity index (χ0) is 15.0. The van der Waals surface area contributed by atoms with Crippen LogP contribution in [-0.2, 0) is 11.2 Å². The van der Waals surface area contributed by atoms with E-state index in [-0.39, 0.29) is 11.3 Å². The standard InChI is InChI=1S/C15H21N5O/c1-4-10-7-17-12-11(10)13(19-9-18-12)20-6-5-15(2,8-20)14(21)16-3/h7,9H,4-6,8H2,1-3H3,(H,16,21)(H,17,18,19). The van der Waals surface area contributed by atoms with Crippen LogP contribution in [0, 0.1) is 5.41 Å². The first kappa shape index (κ1) is 13.9. The Morgan fingerprint density at radius 2 is 2.33 bits per heavy atom. The van der Waals surface area contributed by atoms with Gasteiger partial charge in [-0.15, -0.1) is 0 Å². The number of carbonyl (C=O) groups excluding carboxylic acids is 1. The van der Waals surface area contributed by atoms with Crippen LogP contribution in [0.1, 0.15) is 25.8 Å². The summed E-state index contributed by atoms with van der Waals surface area (Å²) in [6.07, 6.45) is 5.35. The van der Waals surface area contributed by atoms with E-state index in [1.165, 1.54) is 5.56 Å². The fraction of sp³-hybridized carbons (Fsp3) is 0.533. The van der Waals surface area contributed by atoms with E-state index in [9.17, 15) is 4.79 Å².